The number of fused-ring (bicyclic) bond motifs is 1. The Morgan fingerprint density at radius 2 is 2.06 bits per heavy atom. The molecule has 0 radical (unpaired) electrons. The molecule has 1 aliphatic heterocycles. The maximum atomic E-state index is 12.8. The number of carbonyl (C=O) groups is 1. The van der Waals surface area contributed by atoms with Crippen molar-refractivity contribution in [1.82, 2.24) is 4.90 Å². The zero-order chi connectivity index (χ0) is 12.6. The predicted molar refractivity (Wildman–Crippen MR) is 59.5 cm³/mol. The molecule has 17 heavy (non-hydrogen) atoms. The third-order valence-corrected chi connectivity index (χ3v) is 3.73. The van der Waals surface area contributed by atoms with Gasteiger partial charge in [-0.3, -0.25) is 4.79 Å². The summed E-state index contributed by atoms with van der Waals surface area (Å²) in [5.41, 5.74) is 1.67. The Morgan fingerprint density at radius 3 is 2.65 bits per heavy atom. The lowest BCUT2D eigenvalue weighted by Gasteiger charge is -2.28. The van der Waals surface area contributed by atoms with Gasteiger partial charge in [-0.2, -0.15) is 8.42 Å². The maximum Gasteiger partial charge on any atom is 0.332 e. The molecular weight excluding hydrogens is 245 g/mol. The summed E-state index contributed by atoms with van der Waals surface area (Å²) in [6.45, 7) is 2.42. The van der Waals surface area contributed by atoms with E-state index < -0.39 is 10.2 Å². The van der Waals surface area contributed by atoms with E-state index in [4.69, 9.17) is 0 Å². The van der Waals surface area contributed by atoms with Crippen molar-refractivity contribution in [1.29, 1.82) is 0 Å². The molecule has 1 amide bonds. The Kier molecular flexibility index (Phi) is 2.91. The lowest BCUT2D eigenvalue weighted by molar-refractivity contribution is -0.129. The molecule has 1 aromatic rings. The second kappa shape index (κ2) is 4.10. The number of rotatable bonds is 1. The summed E-state index contributed by atoms with van der Waals surface area (Å²) in [5, 5.41) is 0. The van der Waals surface area contributed by atoms with Crippen molar-refractivity contribution in [3.63, 3.8) is 0 Å². The normalized spacial score (nSPS) is 15.5. The topological polar surface area (TPSA) is 54.5 Å². The molecule has 0 bridgehead atoms. The zero-order valence-electron chi connectivity index (χ0n) is 9.31. The molecule has 4 nitrogen and oxygen atoms in total. The first-order valence-corrected chi connectivity index (χ1v) is 6.58. The van der Waals surface area contributed by atoms with E-state index >= 15 is 0 Å². The Hall–Kier alpha value is -1.43. The predicted octanol–water partition coefficient (Wildman–Crippen LogP) is 1.25. The minimum absolute atomic E-state index is 0.0656. The van der Waals surface area contributed by atoms with Crippen molar-refractivity contribution in [3.05, 3.63) is 29.3 Å². The highest BCUT2D eigenvalue weighted by atomic mass is 32.3. The summed E-state index contributed by atoms with van der Waals surface area (Å²) >= 11 is 0. The van der Waals surface area contributed by atoms with E-state index in [1.54, 1.807) is 11.0 Å². The van der Waals surface area contributed by atoms with Crippen LogP contribution in [0.1, 0.15) is 18.1 Å². The summed E-state index contributed by atoms with van der Waals surface area (Å²) in [4.78, 5) is 12.5. The van der Waals surface area contributed by atoms with E-state index in [0.29, 0.717) is 25.1 Å². The standard InChI is InChI=1S/C11H12FNO3S/c1-8(14)13-5-4-9-2-3-11(17(12,15)16)6-10(9)7-13/h2-3,6H,4-5,7H2,1H3. The molecule has 0 aromatic heterocycles. The average molecular weight is 257 g/mol. The molecule has 0 spiro atoms. The van der Waals surface area contributed by atoms with Crippen molar-refractivity contribution in [3.8, 4) is 0 Å². The van der Waals surface area contributed by atoms with Gasteiger partial charge in [0.05, 0.1) is 4.90 Å². The number of benzene rings is 1. The molecule has 1 heterocycles. The van der Waals surface area contributed by atoms with Gasteiger partial charge in [-0.1, -0.05) is 6.07 Å². The molecule has 0 N–H and O–H groups in total. The number of carbonyl (C=O) groups excluding carboxylic acids is 1. The number of hydrogen-bond donors (Lipinski definition) is 0. The van der Waals surface area contributed by atoms with E-state index in [1.165, 1.54) is 19.1 Å². The largest absolute Gasteiger partial charge is 0.338 e. The zero-order valence-corrected chi connectivity index (χ0v) is 10.1. The third kappa shape index (κ3) is 2.46. The summed E-state index contributed by atoms with van der Waals surface area (Å²) in [5.74, 6) is -0.0656. The van der Waals surface area contributed by atoms with Gasteiger partial charge >= 0.3 is 10.2 Å². The molecule has 0 atom stereocenters. The fraction of sp³-hybridized carbons (Fsp3) is 0.364. The van der Waals surface area contributed by atoms with Gasteiger partial charge in [-0.05, 0) is 29.7 Å². The van der Waals surface area contributed by atoms with E-state index in [1.807, 2.05) is 0 Å². The fourth-order valence-electron chi connectivity index (χ4n) is 1.95. The molecule has 1 aromatic carbocycles. The van der Waals surface area contributed by atoms with Crippen LogP contribution in [0, 0.1) is 0 Å². The molecule has 6 heteroatoms. The van der Waals surface area contributed by atoms with Crippen LogP contribution in [0.25, 0.3) is 0 Å². The van der Waals surface area contributed by atoms with Crippen LogP contribution in [-0.2, 0) is 28.0 Å². The van der Waals surface area contributed by atoms with Crippen molar-refractivity contribution >= 4 is 16.1 Å². The van der Waals surface area contributed by atoms with Gasteiger partial charge in [0.2, 0.25) is 5.91 Å². The van der Waals surface area contributed by atoms with Crippen molar-refractivity contribution in [2.24, 2.45) is 0 Å². The SMILES string of the molecule is CC(=O)N1CCc2ccc(S(=O)(=O)F)cc2C1. The van der Waals surface area contributed by atoms with Crippen LogP contribution in [0.5, 0.6) is 0 Å². The summed E-state index contributed by atoms with van der Waals surface area (Å²) in [6.07, 6.45) is 0.668. The highest BCUT2D eigenvalue weighted by molar-refractivity contribution is 7.86. The summed E-state index contributed by atoms with van der Waals surface area (Å²) in [7, 11) is -4.68. The Labute approximate surface area is 99.3 Å². The lowest BCUT2D eigenvalue weighted by Crippen LogP contribution is -2.34. The summed E-state index contributed by atoms with van der Waals surface area (Å²) in [6, 6.07) is 4.18. The van der Waals surface area contributed by atoms with Crippen LogP contribution < -0.4 is 0 Å². The Bertz CT molecular complexity index is 568. The molecule has 92 valence electrons. The number of amides is 1. The van der Waals surface area contributed by atoms with Crippen LogP contribution in [0.2, 0.25) is 0 Å². The van der Waals surface area contributed by atoms with Crippen LogP contribution in [0.4, 0.5) is 3.89 Å². The molecule has 0 unspecified atom stereocenters. The molecule has 2 rings (SSSR count). The van der Waals surface area contributed by atoms with E-state index in [2.05, 4.69) is 0 Å². The second-order valence-corrected chi connectivity index (χ2v) is 5.41. The highest BCUT2D eigenvalue weighted by Crippen LogP contribution is 2.23. The van der Waals surface area contributed by atoms with Gasteiger partial charge < -0.3 is 4.90 Å². The first-order valence-electron chi connectivity index (χ1n) is 5.20. The van der Waals surface area contributed by atoms with Crippen LogP contribution in [0.15, 0.2) is 23.1 Å². The minimum Gasteiger partial charge on any atom is -0.338 e. The molecule has 0 aliphatic carbocycles. The van der Waals surface area contributed by atoms with Crippen LogP contribution in [-0.4, -0.2) is 25.8 Å². The maximum absolute atomic E-state index is 12.8. The van der Waals surface area contributed by atoms with Gasteiger partial charge in [-0.15, -0.1) is 3.89 Å². The Balaban J connectivity index is 2.39. The monoisotopic (exact) mass is 257 g/mol. The second-order valence-electron chi connectivity index (χ2n) is 4.06. The highest BCUT2D eigenvalue weighted by Gasteiger charge is 2.21. The van der Waals surface area contributed by atoms with Crippen molar-refractivity contribution in [2.45, 2.75) is 24.8 Å². The van der Waals surface area contributed by atoms with Crippen LogP contribution >= 0.6 is 0 Å². The number of halogens is 1. The van der Waals surface area contributed by atoms with Gasteiger partial charge in [0.1, 0.15) is 0 Å². The fourth-order valence-corrected chi connectivity index (χ4v) is 2.47. The van der Waals surface area contributed by atoms with Gasteiger partial charge in [-0.25, -0.2) is 0 Å². The average Bonchev–Trinajstić information content (AvgIpc) is 2.26. The van der Waals surface area contributed by atoms with E-state index in [9.17, 15) is 17.1 Å². The number of hydrogen-bond acceptors (Lipinski definition) is 3. The quantitative estimate of drug-likeness (QED) is 0.711. The smallest absolute Gasteiger partial charge is 0.332 e. The van der Waals surface area contributed by atoms with Gasteiger partial charge in [0.25, 0.3) is 0 Å². The van der Waals surface area contributed by atoms with E-state index in [-0.39, 0.29) is 10.8 Å². The lowest BCUT2D eigenvalue weighted by atomic mass is 10.00. The molecule has 1 aliphatic rings. The van der Waals surface area contributed by atoms with Gasteiger partial charge in [0.15, 0.2) is 0 Å². The van der Waals surface area contributed by atoms with Gasteiger partial charge in [0, 0.05) is 20.0 Å². The first-order chi connectivity index (χ1) is 7.88. The summed E-state index contributed by atoms with van der Waals surface area (Å²) < 4.78 is 34.4. The first kappa shape index (κ1) is 12.0. The Morgan fingerprint density at radius 1 is 1.35 bits per heavy atom. The number of nitrogens with zero attached hydrogens (tertiary/aromatic N) is 1. The third-order valence-electron chi connectivity index (χ3n) is 2.92. The van der Waals surface area contributed by atoms with Crippen molar-refractivity contribution in [2.75, 3.05) is 6.54 Å². The van der Waals surface area contributed by atoms with E-state index in [0.717, 1.165) is 5.56 Å². The molecule has 0 fully saturated rings. The molecular formula is C11H12FNO3S. The van der Waals surface area contributed by atoms with Crippen LogP contribution in [0.3, 0.4) is 0 Å². The minimum atomic E-state index is -4.68. The van der Waals surface area contributed by atoms with Crippen molar-refractivity contribution < 1.29 is 17.1 Å². The molecule has 0 saturated heterocycles. The molecule has 0 saturated carbocycles.